The van der Waals surface area contributed by atoms with Gasteiger partial charge in [0.05, 0.1) is 6.04 Å². The third-order valence-electron chi connectivity index (χ3n) is 4.61. The molecule has 0 heterocycles. The van der Waals surface area contributed by atoms with E-state index in [1.165, 1.54) is 70.6 Å². The summed E-state index contributed by atoms with van der Waals surface area (Å²) < 4.78 is 0. The fourth-order valence-corrected chi connectivity index (χ4v) is 2.94. The second-order valence-electron chi connectivity index (χ2n) is 7.00. The lowest BCUT2D eigenvalue weighted by Crippen LogP contribution is -2.30. The molecule has 0 aliphatic rings. The summed E-state index contributed by atoms with van der Waals surface area (Å²) in [4.78, 5) is 22.2. The van der Waals surface area contributed by atoms with Crippen LogP contribution in [0.25, 0.3) is 0 Å². The molecule has 0 radical (unpaired) electrons. The Morgan fingerprint density at radius 3 is 1.58 bits per heavy atom. The molecule has 0 saturated carbocycles. The lowest BCUT2D eigenvalue weighted by atomic mass is 10.0. The fraction of sp³-hybridized carbons (Fsp3) is 0.900. The molecule has 0 aromatic carbocycles. The highest BCUT2D eigenvalue weighted by atomic mass is 16.4. The second kappa shape index (κ2) is 16.9. The summed E-state index contributed by atoms with van der Waals surface area (Å²) in [6.07, 6.45) is 17.4. The molecule has 4 heteroatoms. The van der Waals surface area contributed by atoms with E-state index < -0.39 is 12.0 Å². The number of hydrogen-bond donors (Lipinski definition) is 2. The number of rotatable bonds is 18. The van der Waals surface area contributed by atoms with Gasteiger partial charge in [-0.2, -0.15) is 0 Å². The monoisotopic (exact) mass is 341 g/mol. The number of carboxylic acids is 1. The van der Waals surface area contributed by atoms with Crippen LogP contribution in [0.1, 0.15) is 110 Å². The molecule has 0 bridgehead atoms. The van der Waals surface area contributed by atoms with Crippen LogP contribution in [0.15, 0.2) is 0 Å². The van der Waals surface area contributed by atoms with E-state index in [0.29, 0.717) is 6.42 Å². The molecule has 0 rings (SSSR count). The van der Waals surface area contributed by atoms with Crippen molar-refractivity contribution in [3.8, 4) is 0 Å². The van der Waals surface area contributed by atoms with E-state index in [4.69, 9.17) is 10.8 Å². The standard InChI is InChI=1S/C20H39NO3/c1-2-3-4-5-6-7-8-9-10-11-12-13-14-15-19(22)18(21)16-17-20(23)24/h18H,2-17,21H2,1H3,(H,23,24)/t18-/m0/s1. The minimum absolute atomic E-state index is 0.0133. The number of carbonyl (C=O) groups excluding carboxylic acids is 1. The largest absolute Gasteiger partial charge is 0.481 e. The Balaban J connectivity index is 3.27. The Labute approximate surface area is 148 Å². The first-order valence-electron chi connectivity index (χ1n) is 10.1. The molecule has 0 unspecified atom stereocenters. The molecule has 0 aliphatic heterocycles. The van der Waals surface area contributed by atoms with E-state index in [-0.39, 0.29) is 18.6 Å². The maximum atomic E-state index is 11.7. The predicted octanol–water partition coefficient (Wildman–Crippen LogP) is 5.23. The summed E-state index contributed by atoms with van der Waals surface area (Å²) in [6, 6.07) is -0.599. The number of aliphatic carboxylic acids is 1. The van der Waals surface area contributed by atoms with E-state index in [1.54, 1.807) is 0 Å². The van der Waals surface area contributed by atoms with Gasteiger partial charge in [-0.1, -0.05) is 84.0 Å². The number of carbonyl (C=O) groups is 2. The molecule has 0 saturated heterocycles. The zero-order valence-corrected chi connectivity index (χ0v) is 15.7. The first-order valence-corrected chi connectivity index (χ1v) is 10.1. The van der Waals surface area contributed by atoms with Gasteiger partial charge in [-0.3, -0.25) is 9.59 Å². The molecule has 0 fully saturated rings. The molecule has 24 heavy (non-hydrogen) atoms. The third kappa shape index (κ3) is 16.0. The number of hydrogen-bond acceptors (Lipinski definition) is 3. The zero-order valence-electron chi connectivity index (χ0n) is 15.7. The van der Waals surface area contributed by atoms with Gasteiger partial charge in [-0.25, -0.2) is 0 Å². The summed E-state index contributed by atoms with van der Waals surface area (Å²) in [6.45, 7) is 2.25. The average Bonchev–Trinajstić information content (AvgIpc) is 2.56. The first kappa shape index (κ1) is 23.1. The van der Waals surface area contributed by atoms with Gasteiger partial charge < -0.3 is 10.8 Å². The lowest BCUT2D eigenvalue weighted by Gasteiger charge is -2.08. The smallest absolute Gasteiger partial charge is 0.303 e. The maximum absolute atomic E-state index is 11.7. The highest BCUT2D eigenvalue weighted by Gasteiger charge is 2.14. The van der Waals surface area contributed by atoms with Gasteiger partial charge in [0.2, 0.25) is 0 Å². The summed E-state index contributed by atoms with van der Waals surface area (Å²) in [5.74, 6) is -0.876. The highest BCUT2D eigenvalue weighted by Crippen LogP contribution is 2.13. The Morgan fingerprint density at radius 2 is 1.17 bits per heavy atom. The highest BCUT2D eigenvalue weighted by molar-refractivity contribution is 5.84. The predicted molar refractivity (Wildman–Crippen MR) is 100 cm³/mol. The molecular formula is C20H39NO3. The minimum atomic E-state index is -0.890. The summed E-state index contributed by atoms with van der Waals surface area (Å²) >= 11 is 0. The summed E-state index contributed by atoms with van der Waals surface area (Å²) in [5, 5.41) is 8.58. The molecule has 0 aliphatic carbocycles. The number of ketones is 1. The molecule has 0 spiro atoms. The first-order chi connectivity index (χ1) is 11.6. The Hall–Kier alpha value is -0.900. The van der Waals surface area contributed by atoms with Crippen LogP contribution in [0.4, 0.5) is 0 Å². The van der Waals surface area contributed by atoms with E-state index in [2.05, 4.69) is 6.92 Å². The molecule has 1 atom stereocenters. The quantitative estimate of drug-likeness (QED) is 0.335. The molecule has 4 nitrogen and oxygen atoms in total. The third-order valence-corrected chi connectivity index (χ3v) is 4.61. The minimum Gasteiger partial charge on any atom is -0.481 e. The van der Waals surface area contributed by atoms with E-state index >= 15 is 0 Å². The molecule has 0 aromatic heterocycles. The molecule has 142 valence electrons. The van der Waals surface area contributed by atoms with Crippen LogP contribution >= 0.6 is 0 Å². The van der Waals surface area contributed by atoms with Crippen molar-refractivity contribution in [2.24, 2.45) is 5.73 Å². The number of nitrogens with two attached hydrogens (primary N) is 1. The van der Waals surface area contributed by atoms with E-state index in [1.807, 2.05) is 0 Å². The Kier molecular flexibility index (Phi) is 16.3. The van der Waals surface area contributed by atoms with Crippen LogP contribution < -0.4 is 5.73 Å². The second-order valence-corrected chi connectivity index (χ2v) is 7.00. The van der Waals surface area contributed by atoms with Crippen LogP contribution in [-0.2, 0) is 9.59 Å². The van der Waals surface area contributed by atoms with Crippen molar-refractivity contribution >= 4 is 11.8 Å². The van der Waals surface area contributed by atoms with Gasteiger partial charge in [0, 0.05) is 12.8 Å². The van der Waals surface area contributed by atoms with Crippen molar-refractivity contribution in [1.82, 2.24) is 0 Å². The lowest BCUT2D eigenvalue weighted by molar-refractivity contribution is -0.137. The van der Waals surface area contributed by atoms with Crippen molar-refractivity contribution in [2.45, 2.75) is 116 Å². The molecular weight excluding hydrogens is 302 g/mol. The molecule has 0 amide bonds. The van der Waals surface area contributed by atoms with Crippen LogP contribution in [0.3, 0.4) is 0 Å². The average molecular weight is 342 g/mol. The maximum Gasteiger partial charge on any atom is 0.303 e. The SMILES string of the molecule is CCCCCCCCCCCCCCCC(=O)[C@@H](N)CCC(=O)O. The van der Waals surface area contributed by atoms with Gasteiger partial charge in [-0.05, 0) is 12.8 Å². The Morgan fingerprint density at radius 1 is 0.750 bits per heavy atom. The number of Topliss-reactive ketones (excluding diaryl/α,β-unsaturated/α-hetero) is 1. The van der Waals surface area contributed by atoms with Gasteiger partial charge in [0.1, 0.15) is 5.78 Å². The molecule has 0 aromatic rings. The van der Waals surface area contributed by atoms with Crippen molar-refractivity contribution in [3.05, 3.63) is 0 Å². The van der Waals surface area contributed by atoms with Crippen LogP contribution in [0.2, 0.25) is 0 Å². The number of carboxylic acid groups (broad SMARTS) is 1. The normalized spacial score (nSPS) is 12.2. The summed E-state index contributed by atoms with van der Waals surface area (Å²) in [5.41, 5.74) is 5.70. The summed E-state index contributed by atoms with van der Waals surface area (Å²) in [7, 11) is 0. The topological polar surface area (TPSA) is 80.4 Å². The van der Waals surface area contributed by atoms with Crippen molar-refractivity contribution < 1.29 is 14.7 Å². The van der Waals surface area contributed by atoms with E-state index in [9.17, 15) is 9.59 Å². The van der Waals surface area contributed by atoms with Crippen molar-refractivity contribution in [2.75, 3.05) is 0 Å². The van der Waals surface area contributed by atoms with Gasteiger partial charge in [0.25, 0.3) is 0 Å². The van der Waals surface area contributed by atoms with Gasteiger partial charge >= 0.3 is 5.97 Å². The molecule has 3 N–H and O–H groups in total. The van der Waals surface area contributed by atoms with Crippen molar-refractivity contribution in [3.63, 3.8) is 0 Å². The van der Waals surface area contributed by atoms with Crippen molar-refractivity contribution in [1.29, 1.82) is 0 Å². The van der Waals surface area contributed by atoms with E-state index in [0.717, 1.165) is 12.8 Å². The Bertz CT molecular complexity index is 318. The number of unbranched alkanes of at least 4 members (excludes halogenated alkanes) is 12. The van der Waals surface area contributed by atoms with Gasteiger partial charge in [0.15, 0.2) is 0 Å². The van der Waals surface area contributed by atoms with Gasteiger partial charge in [-0.15, -0.1) is 0 Å². The zero-order chi connectivity index (χ0) is 18.0. The van der Waals surface area contributed by atoms with Crippen LogP contribution in [0, 0.1) is 0 Å². The fourth-order valence-electron chi connectivity index (χ4n) is 2.94. The van der Waals surface area contributed by atoms with Crippen LogP contribution in [0.5, 0.6) is 0 Å². The van der Waals surface area contributed by atoms with Crippen LogP contribution in [-0.4, -0.2) is 22.9 Å².